The van der Waals surface area contributed by atoms with Crippen molar-refractivity contribution in [3.63, 3.8) is 0 Å². The highest BCUT2D eigenvalue weighted by atomic mass is 19.4. The van der Waals surface area contributed by atoms with Gasteiger partial charge in [0.1, 0.15) is 0 Å². The maximum atomic E-state index is 12.9. The van der Waals surface area contributed by atoms with E-state index in [9.17, 15) is 13.2 Å². The van der Waals surface area contributed by atoms with Crippen LogP contribution in [0.25, 0.3) is 0 Å². The van der Waals surface area contributed by atoms with Crippen LogP contribution in [-0.4, -0.2) is 37.6 Å². The molecular formula is C17H23BF3NO2. The molecule has 2 saturated heterocycles. The molecule has 3 nitrogen and oxygen atoms in total. The van der Waals surface area contributed by atoms with Crippen LogP contribution in [-0.2, 0) is 9.31 Å². The lowest BCUT2D eigenvalue weighted by molar-refractivity contribution is -0.168. The standard InChI is InChI=1S/C17H23BF3NO2/c1-15(2)16(3,4)24-18(23-15)13-6-5-7-14(10-13)22-9-8-12(11-22)17(19,20)21/h5-7,10,12H,8-9,11H2,1-4H3. The summed E-state index contributed by atoms with van der Waals surface area (Å²) in [6.07, 6.45) is -3.98. The number of alkyl halides is 3. The lowest BCUT2D eigenvalue weighted by Crippen LogP contribution is -2.41. The van der Waals surface area contributed by atoms with E-state index in [1.165, 1.54) is 0 Å². The van der Waals surface area contributed by atoms with Crippen molar-refractivity contribution >= 4 is 18.3 Å². The van der Waals surface area contributed by atoms with Crippen molar-refractivity contribution in [1.29, 1.82) is 0 Å². The van der Waals surface area contributed by atoms with E-state index in [1.807, 2.05) is 52.0 Å². The van der Waals surface area contributed by atoms with Crippen molar-refractivity contribution < 1.29 is 22.5 Å². The van der Waals surface area contributed by atoms with Crippen molar-refractivity contribution in [2.24, 2.45) is 5.92 Å². The molecule has 2 aliphatic heterocycles. The second kappa shape index (κ2) is 5.66. The number of benzene rings is 1. The quantitative estimate of drug-likeness (QED) is 0.770. The Hall–Kier alpha value is -1.21. The molecule has 2 aliphatic rings. The van der Waals surface area contributed by atoms with Gasteiger partial charge in [-0.1, -0.05) is 12.1 Å². The summed E-state index contributed by atoms with van der Waals surface area (Å²) in [5.41, 5.74) is 0.737. The van der Waals surface area contributed by atoms with E-state index in [0.29, 0.717) is 6.54 Å². The smallest absolute Gasteiger partial charge is 0.399 e. The fraction of sp³-hybridized carbons (Fsp3) is 0.647. The van der Waals surface area contributed by atoms with Crippen LogP contribution in [0.2, 0.25) is 0 Å². The first-order chi connectivity index (χ1) is 11.0. The molecule has 132 valence electrons. The Balaban J connectivity index is 1.77. The molecule has 0 amide bonds. The van der Waals surface area contributed by atoms with Gasteiger partial charge in [-0.25, -0.2) is 0 Å². The molecule has 2 fully saturated rings. The van der Waals surface area contributed by atoms with Gasteiger partial charge in [0.15, 0.2) is 0 Å². The van der Waals surface area contributed by atoms with Crippen molar-refractivity contribution in [1.82, 2.24) is 0 Å². The van der Waals surface area contributed by atoms with Gasteiger partial charge in [0.25, 0.3) is 0 Å². The zero-order valence-corrected chi connectivity index (χ0v) is 14.5. The molecule has 0 saturated carbocycles. The Morgan fingerprint density at radius 3 is 2.29 bits per heavy atom. The molecule has 1 aromatic carbocycles. The highest BCUT2D eigenvalue weighted by Crippen LogP contribution is 2.37. The van der Waals surface area contributed by atoms with Crippen LogP contribution in [0.15, 0.2) is 24.3 Å². The molecule has 1 aromatic rings. The van der Waals surface area contributed by atoms with E-state index in [4.69, 9.17) is 9.31 Å². The first-order valence-corrected chi connectivity index (χ1v) is 8.27. The third-order valence-corrected chi connectivity index (χ3v) is 5.41. The third kappa shape index (κ3) is 3.16. The normalized spacial score (nSPS) is 26.2. The van der Waals surface area contributed by atoms with Gasteiger partial charge in [-0.15, -0.1) is 0 Å². The lowest BCUT2D eigenvalue weighted by Gasteiger charge is -2.32. The van der Waals surface area contributed by atoms with Crippen molar-refractivity contribution in [3.8, 4) is 0 Å². The van der Waals surface area contributed by atoms with E-state index in [2.05, 4.69) is 0 Å². The number of nitrogens with zero attached hydrogens (tertiary/aromatic N) is 1. The van der Waals surface area contributed by atoms with Crippen LogP contribution in [0.4, 0.5) is 18.9 Å². The van der Waals surface area contributed by atoms with Gasteiger partial charge >= 0.3 is 13.3 Å². The second-order valence-corrected chi connectivity index (χ2v) is 7.66. The predicted molar refractivity (Wildman–Crippen MR) is 88.5 cm³/mol. The van der Waals surface area contributed by atoms with Gasteiger partial charge in [0, 0.05) is 18.8 Å². The highest BCUT2D eigenvalue weighted by molar-refractivity contribution is 6.62. The van der Waals surface area contributed by atoms with E-state index >= 15 is 0 Å². The molecule has 1 unspecified atom stereocenters. The Morgan fingerprint density at radius 1 is 1.12 bits per heavy atom. The van der Waals surface area contributed by atoms with Crippen molar-refractivity contribution in [3.05, 3.63) is 24.3 Å². The molecule has 0 radical (unpaired) electrons. The average Bonchev–Trinajstić information content (AvgIpc) is 3.02. The molecule has 3 rings (SSSR count). The second-order valence-electron chi connectivity index (χ2n) is 7.66. The van der Waals surface area contributed by atoms with Gasteiger partial charge in [0.05, 0.1) is 17.1 Å². The summed E-state index contributed by atoms with van der Waals surface area (Å²) < 4.78 is 50.7. The van der Waals surface area contributed by atoms with E-state index in [-0.39, 0.29) is 13.0 Å². The summed E-state index contributed by atoms with van der Waals surface area (Å²) in [7, 11) is -0.504. The summed E-state index contributed by atoms with van der Waals surface area (Å²) in [5.74, 6) is -1.25. The minimum absolute atomic E-state index is 0.0102. The van der Waals surface area contributed by atoms with Gasteiger partial charge in [-0.3, -0.25) is 0 Å². The molecule has 0 aliphatic carbocycles. The first kappa shape index (κ1) is 17.6. The summed E-state index contributed by atoms with van der Waals surface area (Å²) in [6, 6.07) is 7.45. The summed E-state index contributed by atoms with van der Waals surface area (Å²) in [6.45, 7) is 8.33. The Labute approximate surface area is 141 Å². The predicted octanol–water partition coefficient (Wildman–Crippen LogP) is 3.37. The molecule has 0 bridgehead atoms. The van der Waals surface area contributed by atoms with Crippen molar-refractivity contribution in [2.75, 3.05) is 18.0 Å². The van der Waals surface area contributed by atoms with Gasteiger partial charge in [-0.05, 0) is 51.7 Å². The Morgan fingerprint density at radius 2 is 1.75 bits per heavy atom. The minimum atomic E-state index is -4.13. The number of hydrogen-bond acceptors (Lipinski definition) is 3. The van der Waals surface area contributed by atoms with Gasteiger partial charge in [0.2, 0.25) is 0 Å². The number of hydrogen-bond donors (Lipinski definition) is 0. The molecule has 24 heavy (non-hydrogen) atoms. The third-order valence-electron chi connectivity index (χ3n) is 5.41. The Bertz CT molecular complexity index is 602. The molecular weight excluding hydrogens is 318 g/mol. The average molecular weight is 341 g/mol. The number of rotatable bonds is 2. The SMILES string of the molecule is CC1(C)OB(c2cccc(N3CCC(C(F)(F)F)C3)c2)OC1(C)C. The van der Waals surface area contributed by atoms with E-state index < -0.39 is 30.4 Å². The van der Waals surface area contributed by atoms with Crippen LogP contribution in [0, 0.1) is 5.92 Å². The maximum Gasteiger partial charge on any atom is 0.494 e. The number of anilines is 1. The topological polar surface area (TPSA) is 21.7 Å². The van der Waals surface area contributed by atoms with Gasteiger partial charge in [-0.2, -0.15) is 13.2 Å². The lowest BCUT2D eigenvalue weighted by atomic mass is 9.79. The van der Waals surface area contributed by atoms with Gasteiger partial charge < -0.3 is 14.2 Å². The molecule has 0 spiro atoms. The summed E-state index contributed by atoms with van der Waals surface area (Å²) in [4.78, 5) is 1.78. The molecule has 2 heterocycles. The van der Waals surface area contributed by atoms with E-state index in [1.54, 1.807) is 4.90 Å². The summed E-state index contributed by atoms with van der Waals surface area (Å²) >= 11 is 0. The zero-order chi connectivity index (χ0) is 17.8. The monoisotopic (exact) mass is 341 g/mol. The largest absolute Gasteiger partial charge is 0.494 e. The number of halogens is 3. The van der Waals surface area contributed by atoms with Crippen LogP contribution in [0.5, 0.6) is 0 Å². The fourth-order valence-corrected chi connectivity index (χ4v) is 3.11. The van der Waals surface area contributed by atoms with Crippen LogP contribution in [0.1, 0.15) is 34.1 Å². The molecule has 7 heteroatoms. The van der Waals surface area contributed by atoms with Crippen LogP contribution >= 0.6 is 0 Å². The molecule has 1 atom stereocenters. The minimum Gasteiger partial charge on any atom is -0.399 e. The zero-order valence-electron chi connectivity index (χ0n) is 14.5. The maximum absolute atomic E-state index is 12.9. The highest BCUT2D eigenvalue weighted by Gasteiger charge is 2.51. The van der Waals surface area contributed by atoms with Crippen LogP contribution < -0.4 is 10.4 Å². The molecule has 0 aromatic heterocycles. The summed E-state index contributed by atoms with van der Waals surface area (Å²) in [5, 5.41) is 0. The first-order valence-electron chi connectivity index (χ1n) is 8.27. The van der Waals surface area contributed by atoms with Crippen LogP contribution in [0.3, 0.4) is 0 Å². The van der Waals surface area contributed by atoms with Crippen molar-refractivity contribution in [2.45, 2.75) is 51.5 Å². The fourth-order valence-electron chi connectivity index (χ4n) is 3.11. The Kier molecular flexibility index (Phi) is 4.16. The van der Waals surface area contributed by atoms with E-state index in [0.717, 1.165) is 11.2 Å². The molecule has 0 N–H and O–H groups in total.